The quantitative estimate of drug-likeness (QED) is 0.869. The van der Waals surface area contributed by atoms with E-state index in [1.807, 2.05) is 13.0 Å². The molecule has 1 atom stereocenters. The number of benzene rings is 1. The molecule has 0 aliphatic heterocycles. The Bertz CT molecular complexity index is 467. The monoisotopic (exact) mass is 278 g/mol. The number of halogens is 1. The molecule has 1 amide bonds. The number of hydrogen-bond donors (Lipinski definition) is 2. The van der Waals surface area contributed by atoms with E-state index in [-0.39, 0.29) is 17.8 Å². The summed E-state index contributed by atoms with van der Waals surface area (Å²) in [7, 11) is 0. The highest BCUT2D eigenvalue weighted by Gasteiger charge is 2.42. The standard InChI is InChI=1S/C16H23FN2O/c1-12(18)7-10-19-15(20)16(8-2-3-9-16)13-5-4-6-14(17)11-13/h4-6,11-12H,2-3,7-10,18H2,1H3,(H,19,20). The van der Waals surface area contributed by atoms with E-state index in [4.69, 9.17) is 5.73 Å². The van der Waals surface area contributed by atoms with Crippen LogP contribution in [0.3, 0.4) is 0 Å². The van der Waals surface area contributed by atoms with E-state index < -0.39 is 5.41 Å². The first-order chi connectivity index (χ1) is 9.54. The van der Waals surface area contributed by atoms with Crippen molar-refractivity contribution in [2.75, 3.05) is 6.54 Å². The molecule has 1 aromatic rings. The van der Waals surface area contributed by atoms with Crippen LogP contribution in [-0.4, -0.2) is 18.5 Å². The van der Waals surface area contributed by atoms with Crippen molar-refractivity contribution in [1.29, 1.82) is 0 Å². The predicted octanol–water partition coefficient (Wildman–Crippen LogP) is 2.49. The van der Waals surface area contributed by atoms with Crippen molar-refractivity contribution < 1.29 is 9.18 Å². The maximum Gasteiger partial charge on any atom is 0.230 e. The van der Waals surface area contributed by atoms with Crippen molar-refractivity contribution >= 4 is 5.91 Å². The van der Waals surface area contributed by atoms with Gasteiger partial charge in [0.2, 0.25) is 5.91 Å². The van der Waals surface area contributed by atoms with Gasteiger partial charge in [0, 0.05) is 12.6 Å². The molecule has 1 fully saturated rings. The van der Waals surface area contributed by atoms with Crippen molar-refractivity contribution in [2.45, 2.75) is 50.5 Å². The second-order valence-corrected chi connectivity index (χ2v) is 5.82. The van der Waals surface area contributed by atoms with Gasteiger partial charge in [-0.2, -0.15) is 0 Å². The molecule has 1 aromatic carbocycles. The minimum atomic E-state index is -0.556. The summed E-state index contributed by atoms with van der Waals surface area (Å²) >= 11 is 0. The molecule has 110 valence electrons. The zero-order valence-electron chi connectivity index (χ0n) is 12.0. The molecule has 1 aliphatic rings. The third-order valence-corrected chi connectivity index (χ3v) is 4.15. The molecule has 2 rings (SSSR count). The lowest BCUT2D eigenvalue weighted by Gasteiger charge is -2.28. The lowest BCUT2D eigenvalue weighted by Crippen LogP contribution is -2.43. The smallest absolute Gasteiger partial charge is 0.230 e. The lowest BCUT2D eigenvalue weighted by molar-refractivity contribution is -0.126. The number of rotatable bonds is 5. The van der Waals surface area contributed by atoms with Crippen molar-refractivity contribution in [3.8, 4) is 0 Å². The van der Waals surface area contributed by atoms with E-state index in [2.05, 4.69) is 5.32 Å². The molecule has 0 bridgehead atoms. The Hall–Kier alpha value is -1.42. The van der Waals surface area contributed by atoms with E-state index in [0.717, 1.165) is 37.7 Å². The Balaban J connectivity index is 2.15. The van der Waals surface area contributed by atoms with Gasteiger partial charge in [0.05, 0.1) is 5.41 Å². The van der Waals surface area contributed by atoms with E-state index in [0.29, 0.717) is 6.54 Å². The molecular weight excluding hydrogens is 255 g/mol. The zero-order chi connectivity index (χ0) is 14.6. The van der Waals surface area contributed by atoms with E-state index in [1.165, 1.54) is 12.1 Å². The molecule has 0 heterocycles. The van der Waals surface area contributed by atoms with Crippen LogP contribution in [0, 0.1) is 5.82 Å². The Morgan fingerprint density at radius 2 is 2.15 bits per heavy atom. The summed E-state index contributed by atoms with van der Waals surface area (Å²) in [6, 6.07) is 6.53. The summed E-state index contributed by atoms with van der Waals surface area (Å²) < 4.78 is 13.5. The largest absolute Gasteiger partial charge is 0.355 e. The third kappa shape index (κ3) is 3.18. The van der Waals surface area contributed by atoms with Crippen LogP contribution in [-0.2, 0) is 10.2 Å². The Morgan fingerprint density at radius 3 is 2.75 bits per heavy atom. The summed E-state index contributed by atoms with van der Waals surface area (Å²) in [5.74, 6) is -0.265. The maximum atomic E-state index is 13.5. The van der Waals surface area contributed by atoms with E-state index in [9.17, 15) is 9.18 Å². The fraction of sp³-hybridized carbons (Fsp3) is 0.562. The number of carbonyl (C=O) groups is 1. The molecule has 3 N–H and O–H groups in total. The molecule has 0 saturated heterocycles. The Morgan fingerprint density at radius 1 is 1.45 bits per heavy atom. The SMILES string of the molecule is CC(N)CCNC(=O)C1(c2cccc(F)c2)CCCC1. The number of carbonyl (C=O) groups excluding carboxylic acids is 1. The van der Waals surface area contributed by atoms with Gasteiger partial charge in [-0.15, -0.1) is 0 Å². The minimum Gasteiger partial charge on any atom is -0.355 e. The van der Waals surface area contributed by atoms with Gasteiger partial charge in [0.1, 0.15) is 5.82 Å². The molecule has 0 radical (unpaired) electrons. The highest BCUT2D eigenvalue weighted by atomic mass is 19.1. The second-order valence-electron chi connectivity index (χ2n) is 5.82. The molecule has 20 heavy (non-hydrogen) atoms. The van der Waals surface area contributed by atoms with Gasteiger partial charge in [-0.25, -0.2) is 4.39 Å². The van der Waals surface area contributed by atoms with Gasteiger partial charge in [-0.3, -0.25) is 4.79 Å². The molecule has 0 aromatic heterocycles. The fourth-order valence-corrected chi connectivity index (χ4v) is 2.99. The lowest BCUT2D eigenvalue weighted by atomic mass is 9.78. The Labute approximate surface area is 119 Å². The maximum absolute atomic E-state index is 13.5. The number of nitrogens with one attached hydrogen (secondary N) is 1. The van der Waals surface area contributed by atoms with Gasteiger partial charge in [0.25, 0.3) is 0 Å². The van der Waals surface area contributed by atoms with Crippen LogP contribution in [0.5, 0.6) is 0 Å². The van der Waals surface area contributed by atoms with Crippen LogP contribution >= 0.6 is 0 Å². The topological polar surface area (TPSA) is 55.1 Å². The highest BCUT2D eigenvalue weighted by Crippen LogP contribution is 2.41. The van der Waals surface area contributed by atoms with Gasteiger partial charge in [-0.05, 0) is 43.9 Å². The summed E-state index contributed by atoms with van der Waals surface area (Å²) in [4.78, 5) is 12.6. The number of amides is 1. The second kappa shape index (κ2) is 6.35. The summed E-state index contributed by atoms with van der Waals surface area (Å²) in [5.41, 5.74) is 5.94. The zero-order valence-corrected chi connectivity index (χ0v) is 12.0. The molecule has 1 unspecified atom stereocenters. The van der Waals surface area contributed by atoms with Gasteiger partial charge < -0.3 is 11.1 Å². The Kier molecular flexibility index (Phi) is 4.76. The van der Waals surface area contributed by atoms with Crippen LogP contribution in [0.25, 0.3) is 0 Å². The molecule has 4 heteroatoms. The normalized spacial score (nSPS) is 18.8. The number of hydrogen-bond acceptors (Lipinski definition) is 2. The van der Waals surface area contributed by atoms with Crippen LogP contribution in [0.4, 0.5) is 4.39 Å². The minimum absolute atomic E-state index is 0.0150. The average Bonchev–Trinajstić information content (AvgIpc) is 2.88. The summed E-state index contributed by atoms with van der Waals surface area (Å²) in [5, 5.41) is 2.97. The van der Waals surface area contributed by atoms with Crippen LogP contribution < -0.4 is 11.1 Å². The van der Waals surface area contributed by atoms with Gasteiger partial charge in [0.15, 0.2) is 0 Å². The molecule has 3 nitrogen and oxygen atoms in total. The molecule has 0 spiro atoms. The molecule has 1 aliphatic carbocycles. The van der Waals surface area contributed by atoms with Crippen LogP contribution in [0.15, 0.2) is 24.3 Å². The van der Waals surface area contributed by atoms with Crippen molar-refractivity contribution in [1.82, 2.24) is 5.32 Å². The predicted molar refractivity (Wildman–Crippen MR) is 77.8 cm³/mol. The summed E-state index contributed by atoms with van der Waals surface area (Å²) in [6.45, 7) is 2.50. The summed E-state index contributed by atoms with van der Waals surface area (Å²) in [6.07, 6.45) is 4.36. The van der Waals surface area contributed by atoms with Crippen molar-refractivity contribution in [2.24, 2.45) is 5.73 Å². The van der Waals surface area contributed by atoms with Crippen LogP contribution in [0.2, 0.25) is 0 Å². The van der Waals surface area contributed by atoms with E-state index >= 15 is 0 Å². The average molecular weight is 278 g/mol. The highest BCUT2D eigenvalue weighted by molar-refractivity contribution is 5.88. The number of nitrogens with two attached hydrogens (primary N) is 1. The first kappa shape index (κ1) is 15.0. The van der Waals surface area contributed by atoms with Crippen molar-refractivity contribution in [3.05, 3.63) is 35.6 Å². The fourth-order valence-electron chi connectivity index (χ4n) is 2.99. The first-order valence-corrected chi connectivity index (χ1v) is 7.34. The molecular formula is C16H23FN2O. The van der Waals surface area contributed by atoms with Crippen LogP contribution in [0.1, 0.15) is 44.6 Å². The van der Waals surface area contributed by atoms with Crippen molar-refractivity contribution in [3.63, 3.8) is 0 Å². The molecule has 1 saturated carbocycles. The van der Waals surface area contributed by atoms with Gasteiger partial charge >= 0.3 is 0 Å². The third-order valence-electron chi connectivity index (χ3n) is 4.15. The van der Waals surface area contributed by atoms with E-state index in [1.54, 1.807) is 6.07 Å². The van der Waals surface area contributed by atoms with Gasteiger partial charge in [-0.1, -0.05) is 25.0 Å². The first-order valence-electron chi connectivity index (χ1n) is 7.34.